The Hall–Kier alpha value is -2.01. The second-order valence-electron chi connectivity index (χ2n) is 5.43. The molecule has 1 aromatic heterocycles. The van der Waals surface area contributed by atoms with Crippen LogP contribution in [-0.2, 0) is 11.2 Å². The average molecular weight is 362 g/mol. The molecule has 2 aromatic carbocycles. The lowest BCUT2D eigenvalue weighted by atomic mass is 10.1. The van der Waals surface area contributed by atoms with Gasteiger partial charge < -0.3 is 15.6 Å². The van der Waals surface area contributed by atoms with Crippen LogP contribution in [0, 0.1) is 0 Å². The first-order valence-electron chi connectivity index (χ1n) is 7.65. The van der Waals surface area contributed by atoms with Crippen molar-refractivity contribution in [3.05, 3.63) is 64.3 Å². The summed E-state index contributed by atoms with van der Waals surface area (Å²) in [4.78, 5) is 15.2. The Bertz CT molecular complexity index is 840. The number of benzene rings is 2. The highest BCUT2D eigenvalue weighted by atomic mass is 35.5. The van der Waals surface area contributed by atoms with Gasteiger partial charge in [0.25, 0.3) is 0 Å². The van der Waals surface area contributed by atoms with E-state index in [-0.39, 0.29) is 12.5 Å². The smallest absolute Gasteiger partial charge is 0.238 e. The predicted molar refractivity (Wildman–Crippen MR) is 100.0 cm³/mol. The Balaban J connectivity index is 1.49. The summed E-state index contributed by atoms with van der Waals surface area (Å²) in [6, 6.07) is 13.3. The SMILES string of the molecule is O=C(CNCCc1c[nH]c2ccccc12)Nc1c(Cl)cccc1Cl. The van der Waals surface area contributed by atoms with Gasteiger partial charge in [-0.15, -0.1) is 0 Å². The average Bonchev–Trinajstić information content (AvgIpc) is 2.98. The van der Waals surface area contributed by atoms with Gasteiger partial charge in [-0.05, 0) is 36.7 Å². The van der Waals surface area contributed by atoms with Crippen LogP contribution in [0.1, 0.15) is 5.56 Å². The topological polar surface area (TPSA) is 56.9 Å². The number of para-hydroxylation sites is 2. The maximum atomic E-state index is 12.0. The molecule has 0 saturated heterocycles. The summed E-state index contributed by atoms with van der Waals surface area (Å²) in [5.74, 6) is -0.177. The molecule has 0 unspecified atom stereocenters. The van der Waals surface area contributed by atoms with Gasteiger partial charge in [0, 0.05) is 17.1 Å². The monoisotopic (exact) mass is 361 g/mol. The molecule has 3 N–H and O–H groups in total. The van der Waals surface area contributed by atoms with Crippen molar-refractivity contribution >= 4 is 45.7 Å². The lowest BCUT2D eigenvalue weighted by molar-refractivity contribution is -0.115. The first kappa shape index (κ1) is 16.8. The minimum absolute atomic E-state index is 0.177. The van der Waals surface area contributed by atoms with Gasteiger partial charge in [-0.1, -0.05) is 47.5 Å². The highest BCUT2D eigenvalue weighted by Gasteiger charge is 2.09. The fourth-order valence-electron chi connectivity index (χ4n) is 2.56. The molecule has 124 valence electrons. The minimum Gasteiger partial charge on any atom is -0.361 e. The first-order chi connectivity index (χ1) is 11.6. The number of aromatic nitrogens is 1. The van der Waals surface area contributed by atoms with E-state index in [0.29, 0.717) is 22.3 Å². The maximum Gasteiger partial charge on any atom is 0.238 e. The molecule has 0 atom stereocenters. The lowest BCUT2D eigenvalue weighted by Gasteiger charge is -2.09. The molecule has 4 nitrogen and oxygen atoms in total. The van der Waals surface area contributed by atoms with Crippen LogP contribution in [0.15, 0.2) is 48.7 Å². The Labute approximate surface area is 150 Å². The zero-order valence-corrected chi connectivity index (χ0v) is 14.4. The van der Waals surface area contributed by atoms with Crippen LogP contribution in [0.2, 0.25) is 10.0 Å². The van der Waals surface area contributed by atoms with Gasteiger partial charge in [-0.25, -0.2) is 0 Å². The summed E-state index contributed by atoms with van der Waals surface area (Å²) in [6.45, 7) is 0.898. The number of rotatable bonds is 6. The standard InChI is InChI=1S/C18H17Cl2N3O/c19-14-5-3-6-15(20)18(14)23-17(24)11-21-9-8-12-10-22-16-7-2-1-4-13(12)16/h1-7,10,21-22H,8-9,11H2,(H,23,24). The van der Waals surface area contributed by atoms with Crippen LogP contribution < -0.4 is 10.6 Å². The number of nitrogens with one attached hydrogen (secondary N) is 3. The minimum atomic E-state index is -0.177. The highest BCUT2D eigenvalue weighted by molar-refractivity contribution is 6.39. The van der Waals surface area contributed by atoms with Crippen LogP contribution in [0.5, 0.6) is 0 Å². The van der Waals surface area contributed by atoms with E-state index in [1.807, 2.05) is 24.4 Å². The van der Waals surface area contributed by atoms with E-state index in [9.17, 15) is 4.79 Å². The fraction of sp³-hybridized carbons (Fsp3) is 0.167. The normalized spacial score (nSPS) is 10.9. The molecule has 24 heavy (non-hydrogen) atoms. The third kappa shape index (κ3) is 3.90. The Morgan fingerprint density at radius 1 is 1.04 bits per heavy atom. The summed E-state index contributed by atoms with van der Waals surface area (Å²) in [6.07, 6.45) is 2.85. The number of fused-ring (bicyclic) bond motifs is 1. The van der Waals surface area contributed by atoms with Crippen molar-refractivity contribution in [2.45, 2.75) is 6.42 Å². The van der Waals surface area contributed by atoms with Crippen molar-refractivity contribution in [3.63, 3.8) is 0 Å². The van der Waals surface area contributed by atoms with Gasteiger partial charge in [0.1, 0.15) is 0 Å². The molecular formula is C18H17Cl2N3O. The second-order valence-corrected chi connectivity index (χ2v) is 6.25. The third-order valence-electron chi connectivity index (χ3n) is 3.76. The van der Waals surface area contributed by atoms with E-state index in [0.717, 1.165) is 11.9 Å². The number of carbonyl (C=O) groups excluding carboxylic acids is 1. The zero-order chi connectivity index (χ0) is 16.9. The van der Waals surface area contributed by atoms with Gasteiger partial charge in [-0.2, -0.15) is 0 Å². The lowest BCUT2D eigenvalue weighted by Crippen LogP contribution is -2.29. The number of anilines is 1. The summed E-state index contributed by atoms with van der Waals surface area (Å²) in [5.41, 5.74) is 2.80. The molecule has 3 aromatic rings. The summed E-state index contributed by atoms with van der Waals surface area (Å²) < 4.78 is 0. The second kappa shape index (κ2) is 7.71. The Kier molecular flexibility index (Phi) is 5.41. The van der Waals surface area contributed by atoms with E-state index in [1.165, 1.54) is 10.9 Å². The fourth-order valence-corrected chi connectivity index (χ4v) is 3.06. The molecule has 0 saturated carbocycles. The van der Waals surface area contributed by atoms with Gasteiger partial charge >= 0.3 is 0 Å². The number of amides is 1. The van der Waals surface area contributed by atoms with Crippen molar-refractivity contribution < 1.29 is 4.79 Å². The van der Waals surface area contributed by atoms with Crippen LogP contribution in [0.25, 0.3) is 10.9 Å². The first-order valence-corrected chi connectivity index (χ1v) is 8.40. The van der Waals surface area contributed by atoms with Crippen molar-refractivity contribution in [3.8, 4) is 0 Å². The molecule has 3 rings (SSSR count). The van der Waals surface area contributed by atoms with Crippen molar-refractivity contribution in [1.82, 2.24) is 10.3 Å². The molecule has 0 aliphatic rings. The number of aromatic amines is 1. The molecule has 6 heteroatoms. The summed E-state index contributed by atoms with van der Waals surface area (Å²) >= 11 is 12.1. The maximum absolute atomic E-state index is 12.0. The van der Waals surface area contributed by atoms with E-state index in [2.05, 4.69) is 21.7 Å². The van der Waals surface area contributed by atoms with E-state index in [4.69, 9.17) is 23.2 Å². The molecule has 0 aliphatic carbocycles. The molecule has 0 fully saturated rings. The molecular weight excluding hydrogens is 345 g/mol. The van der Waals surface area contributed by atoms with Crippen molar-refractivity contribution in [1.29, 1.82) is 0 Å². The summed E-state index contributed by atoms with van der Waals surface area (Å²) in [5, 5.41) is 7.93. The zero-order valence-electron chi connectivity index (χ0n) is 12.9. The van der Waals surface area contributed by atoms with Gasteiger partial charge in [0.2, 0.25) is 5.91 Å². The Morgan fingerprint density at radius 3 is 2.58 bits per heavy atom. The van der Waals surface area contributed by atoms with Gasteiger partial charge in [0.15, 0.2) is 0 Å². The molecule has 0 spiro atoms. The van der Waals surface area contributed by atoms with Crippen LogP contribution in [0.4, 0.5) is 5.69 Å². The quantitative estimate of drug-likeness (QED) is 0.575. The van der Waals surface area contributed by atoms with Crippen LogP contribution >= 0.6 is 23.2 Å². The van der Waals surface area contributed by atoms with Crippen molar-refractivity contribution in [2.75, 3.05) is 18.4 Å². The van der Waals surface area contributed by atoms with E-state index < -0.39 is 0 Å². The summed E-state index contributed by atoms with van der Waals surface area (Å²) in [7, 11) is 0. The molecule has 0 bridgehead atoms. The number of hydrogen-bond acceptors (Lipinski definition) is 2. The van der Waals surface area contributed by atoms with Gasteiger partial charge in [-0.3, -0.25) is 4.79 Å². The van der Waals surface area contributed by atoms with Crippen molar-refractivity contribution in [2.24, 2.45) is 0 Å². The highest BCUT2D eigenvalue weighted by Crippen LogP contribution is 2.29. The van der Waals surface area contributed by atoms with Gasteiger partial charge in [0.05, 0.1) is 22.3 Å². The molecule has 0 aliphatic heterocycles. The predicted octanol–water partition coefficient (Wildman–Crippen LogP) is 4.25. The van der Waals surface area contributed by atoms with Crippen LogP contribution in [-0.4, -0.2) is 24.0 Å². The number of carbonyl (C=O) groups is 1. The number of H-pyrrole nitrogens is 1. The molecule has 1 heterocycles. The van der Waals surface area contributed by atoms with E-state index in [1.54, 1.807) is 18.2 Å². The number of halogens is 2. The largest absolute Gasteiger partial charge is 0.361 e. The van der Waals surface area contributed by atoms with E-state index >= 15 is 0 Å². The third-order valence-corrected chi connectivity index (χ3v) is 4.39. The Morgan fingerprint density at radius 2 is 1.79 bits per heavy atom. The molecule has 1 amide bonds. The molecule has 0 radical (unpaired) electrons. The number of hydrogen-bond donors (Lipinski definition) is 3. The van der Waals surface area contributed by atoms with Crippen LogP contribution in [0.3, 0.4) is 0 Å².